The van der Waals surface area contributed by atoms with Crippen LogP contribution in [0.15, 0.2) is 0 Å². The van der Waals surface area contributed by atoms with E-state index in [-0.39, 0.29) is 0 Å². The Balaban J connectivity index is 1.86. The first-order valence-electron chi connectivity index (χ1n) is 5.32. The number of hydrogen-bond donors (Lipinski definition) is 2. The molecule has 72 valence electrons. The Hall–Kier alpha value is -0.0800. The third-order valence-corrected chi connectivity index (χ3v) is 2.71. The quantitative estimate of drug-likeness (QED) is 0.636. The van der Waals surface area contributed by atoms with Crippen LogP contribution in [0.2, 0.25) is 0 Å². The van der Waals surface area contributed by atoms with Gasteiger partial charge in [0.15, 0.2) is 0 Å². The molecule has 0 radical (unpaired) electrons. The third kappa shape index (κ3) is 3.55. The maximum atomic E-state index is 5.89. The Bertz CT molecular complexity index is 110. The number of hydrogen-bond acceptors (Lipinski definition) is 2. The van der Waals surface area contributed by atoms with Crippen LogP contribution in [0.25, 0.3) is 0 Å². The molecule has 0 saturated heterocycles. The van der Waals surface area contributed by atoms with Gasteiger partial charge in [-0.1, -0.05) is 19.8 Å². The topological polar surface area (TPSA) is 38.0 Å². The predicted octanol–water partition coefficient (Wildman–Crippen LogP) is 1.65. The Kier molecular flexibility index (Phi) is 4.62. The van der Waals surface area contributed by atoms with Crippen molar-refractivity contribution < 1.29 is 0 Å². The van der Waals surface area contributed by atoms with Crippen LogP contribution in [0.1, 0.15) is 45.4 Å². The maximum absolute atomic E-state index is 5.89. The van der Waals surface area contributed by atoms with Crippen molar-refractivity contribution in [3.8, 4) is 0 Å². The lowest BCUT2D eigenvalue weighted by molar-refractivity contribution is 0.333. The van der Waals surface area contributed by atoms with Gasteiger partial charge in [0, 0.05) is 12.1 Å². The van der Waals surface area contributed by atoms with Crippen LogP contribution < -0.4 is 11.1 Å². The van der Waals surface area contributed by atoms with E-state index in [0.717, 1.165) is 19.0 Å². The molecular formula is C10H22N2. The Morgan fingerprint density at radius 1 is 1.42 bits per heavy atom. The number of nitrogens with two attached hydrogens (primary N) is 1. The van der Waals surface area contributed by atoms with Gasteiger partial charge in [0.2, 0.25) is 0 Å². The molecule has 0 aromatic heterocycles. The molecule has 0 aliphatic heterocycles. The zero-order valence-electron chi connectivity index (χ0n) is 8.18. The molecule has 2 heteroatoms. The Morgan fingerprint density at radius 3 is 2.67 bits per heavy atom. The van der Waals surface area contributed by atoms with Crippen LogP contribution in [-0.2, 0) is 0 Å². The van der Waals surface area contributed by atoms with Gasteiger partial charge in [0.05, 0.1) is 0 Å². The molecule has 1 saturated carbocycles. The van der Waals surface area contributed by atoms with Gasteiger partial charge in [0.1, 0.15) is 0 Å². The molecule has 1 atom stereocenters. The van der Waals surface area contributed by atoms with Gasteiger partial charge < -0.3 is 11.1 Å². The van der Waals surface area contributed by atoms with E-state index >= 15 is 0 Å². The lowest BCUT2D eigenvalue weighted by Crippen LogP contribution is -2.37. The average Bonchev–Trinajstić information content (AvgIpc) is 1.95. The van der Waals surface area contributed by atoms with Crippen molar-refractivity contribution in [2.75, 3.05) is 6.54 Å². The van der Waals surface area contributed by atoms with E-state index in [4.69, 9.17) is 5.73 Å². The second kappa shape index (κ2) is 5.55. The standard InChI is InChI=1S/C10H22N2/c1-2-4-9(11)7-8-12-10-5-3-6-10/h9-10,12H,2-8,11H2,1H3. The summed E-state index contributed by atoms with van der Waals surface area (Å²) in [6.07, 6.45) is 7.70. The average molecular weight is 170 g/mol. The first-order valence-corrected chi connectivity index (χ1v) is 5.32. The molecule has 1 unspecified atom stereocenters. The summed E-state index contributed by atoms with van der Waals surface area (Å²) < 4.78 is 0. The van der Waals surface area contributed by atoms with Crippen molar-refractivity contribution in [3.05, 3.63) is 0 Å². The highest BCUT2D eigenvalue weighted by Gasteiger charge is 2.15. The van der Waals surface area contributed by atoms with Gasteiger partial charge in [-0.25, -0.2) is 0 Å². The van der Waals surface area contributed by atoms with Gasteiger partial charge >= 0.3 is 0 Å². The van der Waals surface area contributed by atoms with Gasteiger partial charge in [-0.15, -0.1) is 0 Å². The van der Waals surface area contributed by atoms with E-state index in [2.05, 4.69) is 12.2 Å². The highest BCUT2D eigenvalue weighted by molar-refractivity contribution is 4.76. The van der Waals surface area contributed by atoms with Crippen molar-refractivity contribution in [2.45, 2.75) is 57.5 Å². The normalized spacial score (nSPS) is 20.5. The number of nitrogens with one attached hydrogen (secondary N) is 1. The molecule has 1 aliphatic carbocycles. The van der Waals surface area contributed by atoms with Crippen molar-refractivity contribution in [1.29, 1.82) is 0 Å². The molecule has 12 heavy (non-hydrogen) atoms. The van der Waals surface area contributed by atoms with Crippen LogP contribution in [0, 0.1) is 0 Å². The second-order valence-electron chi connectivity index (χ2n) is 3.92. The fourth-order valence-electron chi connectivity index (χ4n) is 1.60. The lowest BCUT2D eigenvalue weighted by atomic mass is 9.93. The van der Waals surface area contributed by atoms with Gasteiger partial charge in [-0.05, 0) is 32.2 Å². The molecule has 1 fully saturated rings. The van der Waals surface area contributed by atoms with Crippen LogP contribution in [-0.4, -0.2) is 18.6 Å². The maximum Gasteiger partial charge on any atom is 0.00670 e. The Labute approximate surface area is 75.9 Å². The fraction of sp³-hybridized carbons (Fsp3) is 1.00. The summed E-state index contributed by atoms with van der Waals surface area (Å²) >= 11 is 0. The fourth-order valence-corrected chi connectivity index (χ4v) is 1.60. The van der Waals surface area contributed by atoms with Gasteiger partial charge in [0.25, 0.3) is 0 Å². The molecule has 3 N–H and O–H groups in total. The predicted molar refractivity (Wildman–Crippen MR) is 53.1 cm³/mol. The first-order chi connectivity index (χ1) is 5.83. The molecule has 0 aromatic carbocycles. The summed E-state index contributed by atoms with van der Waals surface area (Å²) in [6.45, 7) is 3.31. The first kappa shape index (κ1) is 10.0. The summed E-state index contributed by atoms with van der Waals surface area (Å²) in [7, 11) is 0. The lowest BCUT2D eigenvalue weighted by Gasteiger charge is -2.27. The highest BCUT2D eigenvalue weighted by atomic mass is 14.9. The Morgan fingerprint density at radius 2 is 2.17 bits per heavy atom. The molecule has 0 bridgehead atoms. The zero-order valence-corrected chi connectivity index (χ0v) is 8.18. The summed E-state index contributed by atoms with van der Waals surface area (Å²) in [5.41, 5.74) is 5.89. The highest BCUT2D eigenvalue weighted by Crippen LogP contribution is 2.17. The van der Waals surface area contributed by atoms with Crippen LogP contribution >= 0.6 is 0 Å². The molecule has 1 aliphatic rings. The van der Waals surface area contributed by atoms with Crippen LogP contribution in [0.5, 0.6) is 0 Å². The number of rotatable bonds is 6. The molecule has 1 rings (SSSR count). The van der Waals surface area contributed by atoms with E-state index in [1.807, 2.05) is 0 Å². The third-order valence-electron chi connectivity index (χ3n) is 2.71. The minimum Gasteiger partial charge on any atom is -0.328 e. The summed E-state index contributed by atoms with van der Waals surface area (Å²) in [6, 6.07) is 1.24. The van der Waals surface area contributed by atoms with E-state index in [1.165, 1.54) is 32.1 Å². The minimum atomic E-state index is 0.419. The van der Waals surface area contributed by atoms with E-state index in [1.54, 1.807) is 0 Å². The van der Waals surface area contributed by atoms with Crippen molar-refractivity contribution >= 4 is 0 Å². The molecule has 2 nitrogen and oxygen atoms in total. The molecular weight excluding hydrogens is 148 g/mol. The largest absolute Gasteiger partial charge is 0.328 e. The van der Waals surface area contributed by atoms with Crippen LogP contribution in [0.3, 0.4) is 0 Å². The van der Waals surface area contributed by atoms with Crippen molar-refractivity contribution in [3.63, 3.8) is 0 Å². The summed E-state index contributed by atoms with van der Waals surface area (Å²) in [5, 5.41) is 3.53. The monoisotopic (exact) mass is 170 g/mol. The molecule has 0 heterocycles. The summed E-state index contributed by atoms with van der Waals surface area (Å²) in [4.78, 5) is 0. The van der Waals surface area contributed by atoms with E-state index in [0.29, 0.717) is 6.04 Å². The smallest absolute Gasteiger partial charge is 0.00670 e. The molecule has 0 aromatic rings. The minimum absolute atomic E-state index is 0.419. The summed E-state index contributed by atoms with van der Waals surface area (Å²) in [5.74, 6) is 0. The van der Waals surface area contributed by atoms with Gasteiger partial charge in [-0.3, -0.25) is 0 Å². The van der Waals surface area contributed by atoms with E-state index < -0.39 is 0 Å². The van der Waals surface area contributed by atoms with Gasteiger partial charge in [-0.2, -0.15) is 0 Å². The van der Waals surface area contributed by atoms with Crippen molar-refractivity contribution in [2.24, 2.45) is 5.73 Å². The molecule has 0 amide bonds. The van der Waals surface area contributed by atoms with E-state index in [9.17, 15) is 0 Å². The molecule has 0 spiro atoms. The second-order valence-corrected chi connectivity index (χ2v) is 3.92. The van der Waals surface area contributed by atoms with Crippen molar-refractivity contribution in [1.82, 2.24) is 5.32 Å². The zero-order chi connectivity index (χ0) is 8.81. The van der Waals surface area contributed by atoms with Crippen LogP contribution in [0.4, 0.5) is 0 Å². The SMILES string of the molecule is CCCC(N)CCNC1CCC1.